The number of aryl methyl sites for hydroxylation is 1. The van der Waals surface area contributed by atoms with E-state index in [1.807, 2.05) is 31.3 Å². The van der Waals surface area contributed by atoms with Gasteiger partial charge in [-0.25, -0.2) is 4.98 Å². The number of amides is 1. The summed E-state index contributed by atoms with van der Waals surface area (Å²) in [4.78, 5) is 18.1. The SMILES string of the molecule is CC(C)[C@@H](c1ccccc1Cl)N(C)C(=O)CCn1cncn1. The number of hydrogen-bond acceptors (Lipinski definition) is 3. The van der Waals surface area contributed by atoms with Crippen LogP contribution in [-0.2, 0) is 11.3 Å². The fraction of sp³-hybridized carbons (Fsp3) is 0.438. The first kappa shape index (κ1) is 16.5. The summed E-state index contributed by atoms with van der Waals surface area (Å²) in [5.74, 6) is 0.328. The first-order valence-corrected chi connectivity index (χ1v) is 7.71. The summed E-state index contributed by atoms with van der Waals surface area (Å²) in [5, 5.41) is 4.71. The van der Waals surface area contributed by atoms with Crippen molar-refractivity contribution in [2.24, 2.45) is 5.92 Å². The van der Waals surface area contributed by atoms with Gasteiger partial charge in [-0.2, -0.15) is 5.10 Å². The molecule has 0 radical (unpaired) electrons. The molecule has 5 nitrogen and oxygen atoms in total. The molecule has 0 N–H and O–H groups in total. The van der Waals surface area contributed by atoms with Crippen molar-refractivity contribution in [2.75, 3.05) is 7.05 Å². The minimum absolute atomic E-state index is 0.0445. The zero-order valence-electron chi connectivity index (χ0n) is 13.1. The zero-order valence-corrected chi connectivity index (χ0v) is 13.9. The molecule has 1 amide bonds. The average molecular weight is 321 g/mol. The Kier molecular flexibility index (Phi) is 5.55. The molecule has 22 heavy (non-hydrogen) atoms. The largest absolute Gasteiger partial charge is 0.338 e. The van der Waals surface area contributed by atoms with E-state index in [4.69, 9.17) is 11.6 Å². The van der Waals surface area contributed by atoms with Crippen LogP contribution in [0.4, 0.5) is 0 Å². The second-order valence-electron chi connectivity index (χ2n) is 5.62. The van der Waals surface area contributed by atoms with Crippen molar-refractivity contribution in [1.82, 2.24) is 19.7 Å². The van der Waals surface area contributed by atoms with E-state index in [9.17, 15) is 4.79 Å². The highest BCUT2D eigenvalue weighted by Crippen LogP contribution is 2.32. The van der Waals surface area contributed by atoms with E-state index >= 15 is 0 Å². The van der Waals surface area contributed by atoms with Gasteiger partial charge >= 0.3 is 0 Å². The van der Waals surface area contributed by atoms with Crippen LogP contribution in [0.5, 0.6) is 0 Å². The molecule has 0 saturated heterocycles. The minimum atomic E-state index is -0.0445. The van der Waals surface area contributed by atoms with Crippen molar-refractivity contribution in [1.29, 1.82) is 0 Å². The minimum Gasteiger partial charge on any atom is -0.338 e. The van der Waals surface area contributed by atoms with Crippen LogP contribution in [0, 0.1) is 5.92 Å². The van der Waals surface area contributed by atoms with Gasteiger partial charge < -0.3 is 4.90 Å². The molecule has 1 heterocycles. The molecule has 0 bridgehead atoms. The molecular weight excluding hydrogens is 300 g/mol. The average Bonchev–Trinajstić information content (AvgIpc) is 3.00. The van der Waals surface area contributed by atoms with E-state index in [1.165, 1.54) is 6.33 Å². The van der Waals surface area contributed by atoms with Crippen LogP contribution in [0.2, 0.25) is 5.02 Å². The maximum atomic E-state index is 12.5. The molecule has 0 saturated carbocycles. The molecule has 6 heteroatoms. The number of carbonyl (C=O) groups is 1. The third kappa shape index (κ3) is 3.85. The van der Waals surface area contributed by atoms with Gasteiger partial charge in [0.1, 0.15) is 12.7 Å². The van der Waals surface area contributed by atoms with Gasteiger partial charge in [-0.3, -0.25) is 9.48 Å². The topological polar surface area (TPSA) is 51.0 Å². The van der Waals surface area contributed by atoms with Crippen molar-refractivity contribution < 1.29 is 4.79 Å². The van der Waals surface area contributed by atoms with Crippen LogP contribution >= 0.6 is 11.6 Å². The van der Waals surface area contributed by atoms with Gasteiger partial charge in [-0.1, -0.05) is 43.6 Å². The number of hydrogen-bond donors (Lipinski definition) is 0. The van der Waals surface area contributed by atoms with Crippen molar-refractivity contribution in [3.05, 3.63) is 47.5 Å². The van der Waals surface area contributed by atoms with Crippen molar-refractivity contribution in [2.45, 2.75) is 32.9 Å². The van der Waals surface area contributed by atoms with Gasteiger partial charge in [-0.15, -0.1) is 0 Å². The van der Waals surface area contributed by atoms with E-state index < -0.39 is 0 Å². The van der Waals surface area contributed by atoms with Gasteiger partial charge in [0.05, 0.1) is 12.6 Å². The number of carbonyl (C=O) groups excluding carboxylic acids is 1. The quantitative estimate of drug-likeness (QED) is 0.821. The van der Waals surface area contributed by atoms with Crippen molar-refractivity contribution in [3.8, 4) is 0 Å². The van der Waals surface area contributed by atoms with Crippen molar-refractivity contribution >= 4 is 17.5 Å². The highest BCUT2D eigenvalue weighted by Gasteiger charge is 2.26. The Hall–Kier alpha value is -1.88. The summed E-state index contributed by atoms with van der Waals surface area (Å²) in [6, 6.07) is 7.64. The Bertz CT molecular complexity index is 612. The van der Waals surface area contributed by atoms with E-state index in [-0.39, 0.29) is 17.9 Å². The summed E-state index contributed by atoms with van der Waals surface area (Å²) in [6.07, 6.45) is 3.46. The second-order valence-corrected chi connectivity index (χ2v) is 6.03. The van der Waals surface area contributed by atoms with E-state index in [0.717, 1.165) is 5.56 Å². The number of benzene rings is 1. The molecule has 1 aromatic heterocycles. The van der Waals surface area contributed by atoms with Crippen molar-refractivity contribution in [3.63, 3.8) is 0 Å². The smallest absolute Gasteiger partial charge is 0.224 e. The van der Waals surface area contributed by atoms with Crippen LogP contribution in [0.25, 0.3) is 0 Å². The fourth-order valence-corrected chi connectivity index (χ4v) is 2.87. The second kappa shape index (κ2) is 7.40. The Balaban J connectivity index is 2.11. The number of halogens is 1. The van der Waals surface area contributed by atoms with E-state index in [0.29, 0.717) is 18.0 Å². The molecule has 0 aliphatic heterocycles. The van der Waals surface area contributed by atoms with Crippen LogP contribution in [-0.4, -0.2) is 32.6 Å². The van der Waals surface area contributed by atoms with Gasteiger partial charge in [-0.05, 0) is 17.5 Å². The first-order valence-electron chi connectivity index (χ1n) is 7.33. The van der Waals surface area contributed by atoms with Gasteiger partial charge in [0, 0.05) is 18.5 Å². The molecule has 1 aromatic carbocycles. The maximum Gasteiger partial charge on any atom is 0.224 e. The predicted octanol–water partition coefficient (Wildman–Crippen LogP) is 3.18. The van der Waals surface area contributed by atoms with E-state index in [2.05, 4.69) is 23.9 Å². The lowest BCUT2D eigenvalue weighted by Crippen LogP contribution is -2.34. The molecule has 2 aromatic rings. The highest BCUT2D eigenvalue weighted by atomic mass is 35.5. The zero-order chi connectivity index (χ0) is 16.1. The lowest BCUT2D eigenvalue weighted by Gasteiger charge is -2.32. The lowest BCUT2D eigenvalue weighted by atomic mass is 9.94. The standard InChI is InChI=1S/C16H21ClN4O/c1-12(2)16(13-6-4-5-7-14(13)17)20(3)15(22)8-9-21-11-18-10-19-21/h4-7,10-12,16H,8-9H2,1-3H3/t16-/m0/s1. The highest BCUT2D eigenvalue weighted by molar-refractivity contribution is 6.31. The van der Waals surface area contributed by atoms with Gasteiger partial charge in [0.25, 0.3) is 0 Å². The summed E-state index contributed by atoms with van der Waals surface area (Å²) >= 11 is 6.31. The molecule has 0 unspecified atom stereocenters. The lowest BCUT2D eigenvalue weighted by molar-refractivity contribution is -0.133. The third-order valence-electron chi connectivity index (χ3n) is 3.69. The maximum absolute atomic E-state index is 12.5. The van der Waals surface area contributed by atoms with Crippen LogP contribution in [0.15, 0.2) is 36.9 Å². The molecule has 2 rings (SSSR count). The molecule has 118 valence electrons. The van der Waals surface area contributed by atoms with Gasteiger partial charge in [0.2, 0.25) is 5.91 Å². The molecule has 0 aliphatic carbocycles. The summed E-state index contributed by atoms with van der Waals surface area (Å²) in [5.41, 5.74) is 0.982. The summed E-state index contributed by atoms with van der Waals surface area (Å²) < 4.78 is 1.66. The molecule has 0 spiro atoms. The Labute approximate surface area is 135 Å². The Morgan fingerprint density at radius 2 is 2.09 bits per heavy atom. The molecule has 0 fully saturated rings. The number of aromatic nitrogens is 3. The van der Waals surface area contributed by atoms with Gasteiger partial charge in [0.15, 0.2) is 0 Å². The molecular formula is C16H21ClN4O. The predicted molar refractivity (Wildman–Crippen MR) is 86.4 cm³/mol. The van der Waals surface area contributed by atoms with Crippen LogP contribution in [0.1, 0.15) is 31.9 Å². The fourth-order valence-electron chi connectivity index (χ4n) is 2.62. The number of nitrogens with zero attached hydrogens (tertiary/aromatic N) is 4. The van der Waals surface area contributed by atoms with E-state index in [1.54, 1.807) is 15.9 Å². The van der Waals surface area contributed by atoms with Crippen LogP contribution in [0.3, 0.4) is 0 Å². The number of rotatable bonds is 6. The van der Waals surface area contributed by atoms with Crippen LogP contribution < -0.4 is 0 Å². The molecule has 0 aliphatic rings. The summed E-state index contributed by atoms with van der Waals surface area (Å²) in [7, 11) is 1.83. The summed E-state index contributed by atoms with van der Waals surface area (Å²) in [6.45, 7) is 4.71. The first-order chi connectivity index (χ1) is 10.5. The normalized spacial score (nSPS) is 12.4. The Morgan fingerprint density at radius 3 is 2.68 bits per heavy atom. The monoisotopic (exact) mass is 320 g/mol. The molecule has 1 atom stereocenters. The Morgan fingerprint density at radius 1 is 1.36 bits per heavy atom. The third-order valence-corrected chi connectivity index (χ3v) is 4.03.